The maximum Gasteiger partial charge on any atom is 0.180 e. The number of ketones is 2. The highest BCUT2D eigenvalue weighted by Crippen LogP contribution is 2.21. The van der Waals surface area contributed by atoms with E-state index in [9.17, 15) is 9.59 Å². The van der Waals surface area contributed by atoms with Crippen LogP contribution in [0.15, 0.2) is 79.0 Å². The van der Waals surface area contributed by atoms with Crippen LogP contribution in [0, 0.1) is 0 Å². The van der Waals surface area contributed by atoms with E-state index in [0.717, 1.165) is 11.3 Å². The van der Waals surface area contributed by atoms with Gasteiger partial charge in [0.25, 0.3) is 0 Å². The molecule has 0 aliphatic rings. The Morgan fingerprint density at radius 1 is 0.944 bits per heavy atom. The molecule has 6 N–H and O–H groups in total. The third kappa shape index (κ3) is 13.9. The van der Waals surface area contributed by atoms with Crippen LogP contribution in [0.25, 0.3) is 11.3 Å². The molecule has 0 spiro atoms. The van der Waals surface area contributed by atoms with Crippen LogP contribution in [0.3, 0.4) is 0 Å². The number of thiazole rings is 1. The first-order valence-corrected chi connectivity index (χ1v) is 12.2. The summed E-state index contributed by atoms with van der Waals surface area (Å²) in [5.41, 5.74) is 18.0. The fourth-order valence-electron chi connectivity index (χ4n) is 2.11. The molecule has 4 heterocycles. The van der Waals surface area contributed by atoms with E-state index in [0.29, 0.717) is 21.6 Å². The van der Waals surface area contributed by atoms with Crippen LogP contribution in [0.4, 0.5) is 5.13 Å². The van der Waals surface area contributed by atoms with Crippen molar-refractivity contribution in [2.45, 2.75) is 14.4 Å². The van der Waals surface area contributed by atoms with E-state index in [2.05, 4.69) is 59.6 Å². The van der Waals surface area contributed by atoms with Crippen LogP contribution in [0.2, 0.25) is 0 Å². The number of carbonyl (C=O) groups excluding carboxylic acids is 2. The van der Waals surface area contributed by atoms with Gasteiger partial charge in [0.1, 0.15) is 0 Å². The largest absolute Gasteiger partial charge is 0.377 e. The first kappa shape index (κ1) is 32.4. The van der Waals surface area contributed by atoms with E-state index in [1.54, 1.807) is 61.4 Å². The fraction of sp³-hybridized carbons (Fsp3) is 0.125. The van der Waals surface area contributed by atoms with Crippen LogP contribution >= 0.6 is 39.5 Å². The second-order valence-corrected chi connectivity index (χ2v) is 8.23. The van der Waals surface area contributed by atoms with Crippen molar-refractivity contribution >= 4 is 61.3 Å². The molecule has 4 rings (SSSR count). The van der Waals surface area contributed by atoms with Crippen LogP contribution < -0.4 is 17.2 Å². The summed E-state index contributed by atoms with van der Waals surface area (Å²) in [5, 5.41) is 2.87. The lowest BCUT2D eigenvalue weighted by Gasteiger charge is -1.92. The van der Waals surface area contributed by atoms with Gasteiger partial charge in [-0.3, -0.25) is 24.5 Å². The minimum Gasteiger partial charge on any atom is -0.377 e. The van der Waals surface area contributed by atoms with Gasteiger partial charge in [-0.15, -0.1) is 11.3 Å². The Kier molecular flexibility index (Phi) is 16.8. The standard InChI is InChI=1S/C8H7N3S.C7H6BrNO.C7H7NO.CH4N2S.CH4/c9-8-11-7(5-12-8)6-2-1-3-10-4-6;8-4-7(10)6-2-1-3-9-5-6;1-6(9)7-3-2-4-8-5-7;2-1(3)4;/h1-5H,(H2,9,11);1-3,5H,4H2;2-5H,1H3;(H4,2,3,4);1H4. The number of nitrogens with two attached hydrogens (primary N) is 3. The molecule has 0 aromatic carbocycles. The molecule has 0 radical (unpaired) electrons. The maximum absolute atomic E-state index is 10.9. The lowest BCUT2D eigenvalue weighted by Crippen LogP contribution is -2.18. The van der Waals surface area contributed by atoms with Crippen LogP contribution in [-0.4, -0.2) is 41.9 Å². The van der Waals surface area contributed by atoms with Crippen LogP contribution in [-0.2, 0) is 0 Å². The topological polar surface area (TPSA) is 164 Å². The summed E-state index contributed by atoms with van der Waals surface area (Å²) in [4.78, 5) is 37.3. The van der Waals surface area contributed by atoms with E-state index in [1.165, 1.54) is 18.3 Å². The van der Waals surface area contributed by atoms with Gasteiger partial charge >= 0.3 is 0 Å². The van der Waals surface area contributed by atoms with Crippen molar-refractivity contribution in [1.82, 2.24) is 19.9 Å². The zero-order chi connectivity index (χ0) is 26.1. The highest BCUT2D eigenvalue weighted by Gasteiger charge is 2.01. The van der Waals surface area contributed by atoms with Gasteiger partial charge in [-0.25, -0.2) is 4.98 Å². The molecule has 4 aromatic rings. The molecule has 9 nitrogen and oxygen atoms in total. The van der Waals surface area contributed by atoms with E-state index in [4.69, 9.17) is 5.73 Å². The van der Waals surface area contributed by atoms with Crippen molar-refractivity contribution in [2.75, 3.05) is 11.1 Å². The lowest BCUT2D eigenvalue weighted by molar-refractivity contribution is 0.101. The molecule has 0 saturated heterocycles. The normalized spacial score (nSPS) is 8.83. The molecule has 12 heteroatoms. The van der Waals surface area contributed by atoms with Crippen molar-refractivity contribution in [3.05, 3.63) is 90.1 Å². The van der Waals surface area contributed by atoms with Gasteiger partial charge in [0.15, 0.2) is 21.8 Å². The molecule has 0 aliphatic heterocycles. The van der Waals surface area contributed by atoms with Crippen molar-refractivity contribution in [3.8, 4) is 11.3 Å². The number of carbonyl (C=O) groups is 2. The number of rotatable bonds is 4. The molecule has 190 valence electrons. The number of Topliss-reactive ketones (excluding diaryl/α,β-unsaturated/α-hetero) is 2. The van der Waals surface area contributed by atoms with Gasteiger partial charge in [-0.05, 0) is 55.5 Å². The van der Waals surface area contributed by atoms with Crippen LogP contribution in [0.1, 0.15) is 35.1 Å². The maximum atomic E-state index is 10.9. The Morgan fingerprint density at radius 2 is 1.44 bits per heavy atom. The SMILES string of the molecule is C.CC(=O)c1cccnc1.NC(N)=S.Nc1nc(-c2cccnc2)cs1.O=C(CBr)c1cccnc1. The molecular weight excluding hydrogens is 562 g/mol. The lowest BCUT2D eigenvalue weighted by atomic mass is 10.2. The molecule has 0 bridgehead atoms. The van der Waals surface area contributed by atoms with Gasteiger partial charge in [-0.1, -0.05) is 23.4 Å². The predicted octanol–water partition coefficient (Wildman–Crippen LogP) is 4.56. The Labute approximate surface area is 228 Å². The van der Waals surface area contributed by atoms with Gasteiger partial charge in [0, 0.05) is 59.3 Å². The van der Waals surface area contributed by atoms with E-state index in [1.807, 2.05) is 17.5 Å². The Bertz CT molecular complexity index is 1170. The first-order valence-electron chi connectivity index (χ1n) is 9.81. The monoisotopic (exact) mass is 589 g/mol. The Balaban J connectivity index is 0.000000474. The zero-order valence-electron chi connectivity index (χ0n) is 18.7. The first-order chi connectivity index (χ1) is 16.7. The molecule has 0 unspecified atom stereocenters. The minimum absolute atomic E-state index is 0. The molecule has 36 heavy (non-hydrogen) atoms. The number of nitrogen functional groups attached to an aromatic ring is 1. The number of anilines is 1. The number of nitrogens with zero attached hydrogens (tertiary/aromatic N) is 4. The van der Waals surface area contributed by atoms with Crippen molar-refractivity contribution in [2.24, 2.45) is 11.5 Å². The number of hydrogen-bond donors (Lipinski definition) is 3. The predicted molar refractivity (Wildman–Crippen MR) is 154 cm³/mol. The third-order valence-corrected chi connectivity index (χ3v) is 4.84. The van der Waals surface area contributed by atoms with E-state index >= 15 is 0 Å². The molecular formula is C24H28BrN7O2S2. The van der Waals surface area contributed by atoms with Crippen LogP contribution in [0.5, 0.6) is 0 Å². The summed E-state index contributed by atoms with van der Waals surface area (Å²) < 4.78 is 0. The summed E-state index contributed by atoms with van der Waals surface area (Å²) in [6.45, 7) is 1.52. The number of aromatic nitrogens is 4. The quantitative estimate of drug-likeness (QED) is 0.174. The summed E-state index contributed by atoms with van der Waals surface area (Å²) in [6.07, 6.45) is 9.91. The van der Waals surface area contributed by atoms with Gasteiger partial charge in [0.2, 0.25) is 0 Å². The smallest absolute Gasteiger partial charge is 0.180 e. The third-order valence-electron chi connectivity index (χ3n) is 3.65. The van der Waals surface area contributed by atoms with Crippen molar-refractivity contribution in [3.63, 3.8) is 0 Å². The molecule has 0 amide bonds. The second-order valence-electron chi connectivity index (χ2n) is 6.31. The number of hydrogen-bond acceptors (Lipinski definition) is 9. The highest BCUT2D eigenvalue weighted by atomic mass is 79.9. The molecule has 0 atom stereocenters. The number of alkyl halides is 1. The number of pyridine rings is 3. The Morgan fingerprint density at radius 3 is 1.78 bits per heavy atom. The number of thiocarbonyl (C=S) groups is 1. The molecule has 4 aromatic heterocycles. The summed E-state index contributed by atoms with van der Waals surface area (Å²) in [7, 11) is 0. The molecule has 0 fully saturated rings. The van der Waals surface area contributed by atoms with E-state index in [-0.39, 0.29) is 24.1 Å². The van der Waals surface area contributed by atoms with Gasteiger partial charge < -0.3 is 17.2 Å². The fourth-order valence-corrected chi connectivity index (χ4v) is 3.01. The second kappa shape index (κ2) is 18.7. The average molecular weight is 591 g/mol. The van der Waals surface area contributed by atoms with Gasteiger partial charge in [0.05, 0.1) is 11.0 Å². The van der Waals surface area contributed by atoms with Gasteiger partial charge in [-0.2, -0.15) is 0 Å². The van der Waals surface area contributed by atoms with Crippen molar-refractivity contribution < 1.29 is 9.59 Å². The average Bonchev–Trinajstić information content (AvgIpc) is 3.32. The number of halogens is 1. The molecule has 0 aliphatic carbocycles. The van der Waals surface area contributed by atoms with Crippen molar-refractivity contribution in [1.29, 1.82) is 0 Å². The van der Waals surface area contributed by atoms with E-state index < -0.39 is 0 Å². The molecule has 0 saturated carbocycles. The minimum atomic E-state index is 0. The highest BCUT2D eigenvalue weighted by molar-refractivity contribution is 9.09. The summed E-state index contributed by atoms with van der Waals surface area (Å²) >= 11 is 8.60. The summed E-state index contributed by atoms with van der Waals surface area (Å²) in [5.74, 6) is 0.121. The summed E-state index contributed by atoms with van der Waals surface area (Å²) in [6, 6.07) is 10.8. The zero-order valence-corrected chi connectivity index (χ0v) is 22.0. The Hall–Kier alpha value is -3.61.